The number of halogens is 3. The van der Waals surface area contributed by atoms with Gasteiger partial charge in [0.25, 0.3) is 0 Å². The molecule has 0 aliphatic heterocycles. The van der Waals surface area contributed by atoms with Gasteiger partial charge in [-0.05, 0) is 38.0 Å². The maximum atomic E-state index is 13.5. The Labute approximate surface area is 129 Å². The standard InChI is InChI=1S/C15H20F2N2O.ClH/c1-15(18)7-3-2-4-12(15)14(20)19-9-10-8-11(16)5-6-13(10)17;/h5-6,8,12H,2-4,7,9,18H2,1H3,(H,19,20);1H. The smallest absolute Gasteiger partial charge is 0.225 e. The van der Waals surface area contributed by atoms with Crippen molar-refractivity contribution in [1.82, 2.24) is 5.32 Å². The Balaban J connectivity index is 0.00000220. The Bertz CT molecular complexity index is 508. The summed E-state index contributed by atoms with van der Waals surface area (Å²) in [5.74, 6) is -1.49. The molecule has 1 fully saturated rings. The van der Waals surface area contributed by atoms with Crippen molar-refractivity contribution in [2.24, 2.45) is 11.7 Å². The van der Waals surface area contributed by atoms with Crippen LogP contribution in [0.4, 0.5) is 8.78 Å². The molecule has 0 bridgehead atoms. The molecule has 2 rings (SSSR count). The fourth-order valence-corrected chi connectivity index (χ4v) is 2.77. The molecule has 1 saturated carbocycles. The third kappa shape index (κ3) is 4.38. The Morgan fingerprint density at radius 1 is 1.43 bits per heavy atom. The number of hydrogen-bond donors (Lipinski definition) is 2. The lowest BCUT2D eigenvalue weighted by molar-refractivity contribution is -0.128. The third-order valence-electron chi connectivity index (χ3n) is 4.03. The maximum absolute atomic E-state index is 13.5. The van der Waals surface area contributed by atoms with E-state index in [1.807, 2.05) is 6.92 Å². The first-order valence-corrected chi connectivity index (χ1v) is 6.91. The van der Waals surface area contributed by atoms with Gasteiger partial charge < -0.3 is 11.1 Å². The quantitative estimate of drug-likeness (QED) is 0.900. The highest BCUT2D eigenvalue weighted by molar-refractivity contribution is 5.85. The predicted octanol–water partition coefficient (Wildman–Crippen LogP) is 2.91. The summed E-state index contributed by atoms with van der Waals surface area (Å²) < 4.78 is 26.5. The number of amides is 1. The van der Waals surface area contributed by atoms with Gasteiger partial charge in [-0.1, -0.05) is 12.8 Å². The van der Waals surface area contributed by atoms with Crippen LogP contribution < -0.4 is 11.1 Å². The number of rotatable bonds is 3. The number of nitrogens with one attached hydrogen (secondary N) is 1. The molecule has 118 valence electrons. The Morgan fingerprint density at radius 2 is 2.14 bits per heavy atom. The van der Waals surface area contributed by atoms with Crippen LogP contribution >= 0.6 is 12.4 Å². The molecular weight excluding hydrogens is 298 g/mol. The minimum Gasteiger partial charge on any atom is -0.352 e. The second-order valence-corrected chi connectivity index (χ2v) is 5.76. The fraction of sp³-hybridized carbons (Fsp3) is 0.533. The Morgan fingerprint density at radius 3 is 2.81 bits per heavy atom. The van der Waals surface area contributed by atoms with Crippen molar-refractivity contribution < 1.29 is 13.6 Å². The number of benzene rings is 1. The summed E-state index contributed by atoms with van der Waals surface area (Å²) in [5, 5.41) is 2.67. The summed E-state index contributed by atoms with van der Waals surface area (Å²) >= 11 is 0. The van der Waals surface area contributed by atoms with E-state index < -0.39 is 17.2 Å². The zero-order valence-corrected chi connectivity index (χ0v) is 12.8. The Kier molecular flexibility index (Phi) is 6.10. The monoisotopic (exact) mass is 318 g/mol. The molecule has 0 saturated heterocycles. The molecule has 1 aliphatic carbocycles. The van der Waals surface area contributed by atoms with E-state index in [1.54, 1.807) is 0 Å². The van der Waals surface area contributed by atoms with Crippen LogP contribution in [0.5, 0.6) is 0 Å². The average Bonchev–Trinajstić information content (AvgIpc) is 2.39. The highest BCUT2D eigenvalue weighted by Gasteiger charge is 2.37. The molecule has 1 amide bonds. The highest BCUT2D eigenvalue weighted by atomic mass is 35.5. The van der Waals surface area contributed by atoms with Crippen molar-refractivity contribution in [3.63, 3.8) is 0 Å². The van der Waals surface area contributed by atoms with Crippen LogP contribution in [0, 0.1) is 17.6 Å². The van der Waals surface area contributed by atoms with Gasteiger partial charge in [0.2, 0.25) is 5.91 Å². The summed E-state index contributed by atoms with van der Waals surface area (Å²) in [7, 11) is 0. The summed E-state index contributed by atoms with van der Waals surface area (Å²) in [4.78, 5) is 12.2. The van der Waals surface area contributed by atoms with Gasteiger partial charge in [-0.2, -0.15) is 0 Å². The Hall–Kier alpha value is -1.20. The first kappa shape index (κ1) is 17.9. The minimum atomic E-state index is -0.525. The lowest BCUT2D eigenvalue weighted by Crippen LogP contribution is -2.52. The van der Waals surface area contributed by atoms with E-state index in [9.17, 15) is 13.6 Å². The maximum Gasteiger partial charge on any atom is 0.225 e. The van der Waals surface area contributed by atoms with Gasteiger partial charge in [0.15, 0.2) is 0 Å². The summed E-state index contributed by atoms with van der Waals surface area (Å²) in [6, 6.07) is 3.21. The average molecular weight is 319 g/mol. The van der Waals surface area contributed by atoms with Crippen molar-refractivity contribution in [2.45, 2.75) is 44.7 Å². The molecule has 0 radical (unpaired) electrons. The lowest BCUT2D eigenvalue weighted by Gasteiger charge is -2.37. The van der Waals surface area contributed by atoms with Crippen LogP contribution in [0.3, 0.4) is 0 Å². The molecule has 0 heterocycles. The van der Waals surface area contributed by atoms with Gasteiger partial charge >= 0.3 is 0 Å². The van der Waals surface area contributed by atoms with Crippen LogP contribution in [0.15, 0.2) is 18.2 Å². The summed E-state index contributed by atoms with van der Waals surface area (Å²) in [5.41, 5.74) is 5.77. The molecule has 1 aromatic rings. The van der Waals surface area contributed by atoms with Crippen molar-refractivity contribution in [2.75, 3.05) is 0 Å². The molecule has 1 aromatic carbocycles. The van der Waals surface area contributed by atoms with Gasteiger partial charge in [0.05, 0.1) is 5.92 Å². The number of hydrogen-bond acceptors (Lipinski definition) is 2. The van der Waals surface area contributed by atoms with Gasteiger partial charge in [-0.3, -0.25) is 4.79 Å². The summed E-state index contributed by atoms with van der Waals surface area (Å²) in [6.45, 7) is 1.86. The third-order valence-corrected chi connectivity index (χ3v) is 4.03. The van der Waals surface area contributed by atoms with E-state index in [1.165, 1.54) is 0 Å². The molecule has 0 aromatic heterocycles. The summed E-state index contributed by atoms with van der Waals surface area (Å²) in [6.07, 6.45) is 3.54. The SMILES string of the molecule is CC1(N)CCCCC1C(=O)NCc1cc(F)ccc1F.Cl. The molecule has 2 unspecified atom stereocenters. The van der Waals surface area contributed by atoms with Crippen molar-refractivity contribution >= 4 is 18.3 Å². The second-order valence-electron chi connectivity index (χ2n) is 5.76. The molecule has 0 spiro atoms. The van der Waals surface area contributed by atoms with Crippen LogP contribution in [-0.4, -0.2) is 11.4 Å². The number of carbonyl (C=O) groups excluding carboxylic acids is 1. The van der Waals surface area contributed by atoms with Gasteiger partial charge in [0, 0.05) is 17.6 Å². The van der Waals surface area contributed by atoms with Gasteiger partial charge in [0.1, 0.15) is 11.6 Å². The van der Waals surface area contributed by atoms with Crippen LogP contribution in [0.2, 0.25) is 0 Å². The zero-order valence-electron chi connectivity index (χ0n) is 12.0. The van der Waals surface area contributed by atoms with Crippen LogP contribution in [0.25, 0.3) is 0 Å². The first-order valence-electron chi connectivity index (χ1n) is 6.91. The largest absolute Gasteiger partial charge is 0.352 e. The topological polar surface area (TPSA) is 55.1 Å². The normalized spacial score (nSPS) is 25.0. The number of nitrogens with two attached hydrogens (primary N) is 1. The van der Waals surface area contributed by atoms with E-state index in [4.69, 9.17) is 5.73 Å². The fourth-order valence-electron chi connectivity index (χ4n) is 2.77. The molecular formula is C15H21ClF2N2O. The molecule has 3 nitrogen and oxygen atoms in total. The number of carbonyl (C=O) groups is 1. The highest BCUT2D eigenvalue weighted by Crippen LogP contribution is 2.31. The molecule has 6 heteroatoms. The molecule has 1 aliphatic rings. The van der Waals surface area contributed by atoms with Gasteiger partial charge in [-0.15, -0.1) is 12.4 Å². The molecule has 21 heavy (non-hydrogen) atoms. The van der Waals surface area contributed by atoms with E-state index in [2.05, 4.69) is 5.32 Å². The van der Waals surface area contributed by atoms with Crippen LogP contribution in [0.1, 0.15) is 38.2 Å². The van der Waals surface area contributed by atoms with E-state index >= 15 is 0 Å². The first-order chi connectivity index (χ1) is 9.40. The predicted molar refractivity (Wildman–Crippen MR) is 80.0 cm³/mol. The van der Waals surface area contributed by atoms with E-state index in [0.717, 1.165) is 43.9 Å². The van der Waals surface area contributed by atoms with Crippen molar-refractivity contribution in [1.29, 1.82) is 0 Å². The minimum absolute atomic E-state index is 0. The molecule has 3 N–H and O–H groups in total. The van der Waals surface area contributed by atoms with E-state index in [0.29, 0.717) is 0 Å². The second kappa shape index (κ2) is 7.18. The van der Waals surface area contributed by atoms with Crippen molar-refractivity contribution in [3.05, 3.63) is 35.4 Å². The zero-order chi connectivity index (χ0) is 14.8. The molecule has 2 atom stereocenters. The van der Waals surface area contributed by atoms with Crippen LogP contribution in [-0.2, 0) is 11.3 Å². The lowest BCUT2D eigenvalue weighted by atomic mass is 9.74. The van der Waals surface area contributed by atoms with Gasteiger partial charge in [-0.25, -0.2) is 8.78 Å². The van der Waals surface area contributed by atoms with Crippen molar-refractivity contribution in [3.8, 4) is 0 Å². The van der Waals surface area contributed by atoms with E-state index in [-0.39, 0.29) is 36.3 Å².